The van der Waals surface area contributed by atoms with E-state index in [0.29, 0.717) is 12.6 Å². The molecule has 1 N–H and O–H groups in total. The summed E-state index contributed by atoms with van der Waals surface area (Å²) < 4.78 is 12.1. The lowest BCUT2D eigenvalue weighted by Gasteiger charge is -2.42. The van der Waals surface area contributed by atoms with Gasteiger partial charge >= 0.3 is 12.1 Å². The number of aromatic nitrogens is 2. The van der Waals surface area contributed by atoms with E-state index in [9.17, 15) is 4.79 Å². The molecule has 9 heteroatoms. The molecule has 3 aliphatic heterocycles. The van der Waals surface area contributed by atoms with Gasteiger partial charge in [-0.1, -0.05) is 13.8 Å². The number of nitrogens with one attached hydrogen (secondary N) is 1. The second kappa shape index (κ2) is 9.01. The van der Waals surface area contributed by atoms with Gasteiger partial charge in [-0.05, 0) is 72.5 Å². The van der Waals surface area contributed by atoms with Crippen LogP contribution in [0.5, 0.6) is 6.01 Å². The summed E-state index contributed by atoms with van der Waals surface area (Å²) in [5.74, 6) is 0.994. The summed E-state index contributed by atoms with van der Waals surface area (Å²) in [7, 11) is 4.25. The number of rotatable bonds is 6. The van der Waals surface area contributed by atoms with E-state index in [4.69, 9.17) is 19.4 Å². The number of piperazine rings is 1. The molecule has 1 saturated carbocycles. The van der Waals surface area contributed by atoms with Gasteiger partial charge < -0.3 is 24.6 Å². The molecule has 9 nitrogen and oxygen atoms in total. The molecule has 200 valence electrons. The Bertz CT molecular complexity index is 992. The second-order valence-electron chi connectivity index (χ2n) is 13.2. The van der Waals surface area contributed by atoms with Crippen molar-refractivity contribution in [2.75, 3.05) is 51.8 Å². The van der Waals surface area contributed by atoms with Crippen LogP contribution in [-0.2, 0) is 17.7 Å². The van der Waals surface area contributed by atoms with Crippen LogP contribution in [0.4, 0.5) is 10.6 Å². The molecule has 1 aromatic rings. The van der Waals surface area contributed by atoms with Gasteiger partial charge in [0.05, 0.1) is 24.4 Å². The maximum Gasteiger partial charge on any atom is 0.410 e. The van der Waals surface area contributed by atoms with Crippen LogP contribution in [0.3, 0.4) is 0 Å². The van der Waals surface area contributed by atoms with Crippen molar-refractivity contribution in [3.05, 3.63) is 11.3 Å². The smallest absolute Gasteiger partial charge is 0.410 e. The SMILES string of the molecule is CN(C)CC1(COc2nc3c(c(N4CC5CCC(C4)N5C(=O)OC(C)(C)C)n2)CCNC3)CC1(C)C. The molecule has 1 aliphatic carbocycles. The minimum Gasteiger partial charge on any atom is -0.463 e. The van der Waals surface area contributed by atoms with Crippen LogP contribution in [0.2, 0.25) is 0 Å². The maximum absolute atomic E-state index is 12.9. The molecule has 0 aromatic carbocycles. The second-order valence-corrected chi connectivity index (χ2v) is 13.2. The summed E-state index contributed by atoms with van der Waals surface area (Å²) in [4.78, 5) is 29.4. The average molecular weight is 501 g/mol. The van der Waals surface area contributed by atoms with Crippen LogP contribution in [0.15, 0.2) is 0 Å². The average Bonchev–Trinajstić information content (AvgIpc) is 3.20. The number of amides is 1. The van der Waals surface area contributed by atoms with Crippen LogP contribution in [0.25, 0.3) is 0 Å². The first-order chi connectivity index (χ1) is 16.9. The van der Waals surface area contributed by atoms with Gasteiger partial charge in [0.1, 0.15) is 11.4 Å². The minimum absolute atomic E-state index is 0.131. The Morgan fingerprint density at radius 1 is 1.17 bits per heavy atom. The molecule has 0 spiro atoms. The highest BCUT2D eigenvalue weighted by Gasteiger charge is 2.61. The first-order valence-electron chi connectivity index (χ1n) is 13.5. The van der Waals surface area contributed by atoms with Crippen molar-refractivity contribution in [2.24, 2.45) is 10.8 Å². The van der Waals surface area contributed by atoms with Crippen molar-refractivity contribution in [1.29, 1.82) is 0 Å². The van der Waals surface area contributed by atoms with Crippen LogP contribution in [0, 0.1) is 10.8 Å². The number of ether oxygens (including phenoxy) is 2. The highest BCUT2D eigenvalue weighted by molar-refractivity contribution is 5.70. The first kappa shape index (κ1) is 25.5. The predicted molar refractivity (Wildman–Crippen MR) is 139 cm³/mol. The Morgan fingerprint density at radius 2 is 1.83 bits per heavy atom. The van der Waals surface area contributed by atoms with E-state index in [2.05, 4.69) is 43.1 Å². The molecule has 36 heavy (non-hydrogen) atoms. The number of hydrogen-bond donors (Lipinski definition) is 1. The Morgan fingerprint density at radius 3 is 2.42 bits per heavy atom. The van der Waals surface area contributed by atoms with Crippen molar-refractivity contribution < 1.29 is 14.3 Å². The topological polar surface area (TPSA) is 83.1 Å². The molecule has 1 aromatic heterocycles. The molecule has 2 bridgehead atoms. The van der Waals surface area contributed by atoms with Crippen molar-refractivity contribution in [3.8, 4) is 6.01 Å². The fraction of sp³-hybridized carbons (Fsp3) is 0.815. The third kappa shape index (κ3) is 4.88. The minimum atomic E-state index is -0.487. The molecule has 1 amide bonds. The Hall–Kier alpha value is -2.13. The van der Waals surface area contributed by atoms with Gasteiger partial charge in [-0.3, -0.25) is 4.90 Å². The zero-order chi connectivity index (χ0) is 25.9. The van der Waals surface area contributed by atoms with Gasteiger partial charge in [-0.25, -0.2) is 4.79 Å². The van der Waals surface area contributed by atoms with E-state index in [0.717, 1.165) is 69.9 Å². The van der Waals surface area contributed by atoms with Gasteiger partial charge in [-0.2, -0.15) is 9.97 Å². The number of hydrogen-bond acceptors (Lipinski definition) is 8. The van der Waals surface area contributed by atoms with Crippen LogP contribution in [0.1, 0.15) is 65.1 Å². The number of carbonyl (C=O) groups excluding carboxylic acids is 1. The molecular weight excluding hydrogens is 456 g/mol. The molecule has 3 atom stereocenters. The third-order valence-electron chi connectivity index (χ3n) is 8.47. The number of carbonyl (C=O) groups is 1. The fourth-order valence-corrected chi connectivity index (χ4v) is 6.50. The van der Waals surface area contributed by atoms with E-state index in [-0.39, 0.29) is 29.0 Å². The van der Waals surface area contributed by atoms with E-state index in [1.165, 1.54) is 5.56 Å². The highest BCUT2D eigenvalue weighted by atomic mass is 16.6. The largest absolute Gasteiger partial charge is 0.463 e. The lowest BCUT2D eigenvalue weighted by atomic mass is 9.96. The number of anilines is 1. The highest BCUT2D eigenvalue weighted by Crippen LogP contribution is 2.63. The fourth-order valence-electron chi connectivity index (χ4n) is 6.50. The zero-order valence-electron chi connectivity index (χ0n) is 23.2. The van der Waals surface area contributed by atoms with Gasteiger partial charge in [0.15, 0.2) is 0 Å². The summed E-state index contributed by atoms with van der Waals surface area (Å²) in [6.07, 6.45) is 3.87. The summed E-state index contributed by atoms with van der Waals surface area (Å²) in [5.41, 5.74) is 2.17. The molecule has 5 rings (SSSR count). The molecule has 3 unspecified atom stereocenters. The maximum atomic E-state index is 12.9. The van der Waals surface area contributed by atoms with Crippen LogP contribution >= 0.6 is 0 Å². The van der Waals surface area contributed by atoms with Crippen LogP contribution < -0.4 is 15.0 Å². The predicted octanol–water partition coefficient (Wildman–Crippen LogP) is 3.07. The normalized spacial score (nSPS) is 28.8. The number of fused-ring (bicyclic) bond motifs is 3. The molecule has 2 saturated heterocycles. The quantitative estimate of drug-likeness (QED) is 0.638. The van der Waals surface area contributed by atoms with Gasteiger partial charge in [0, 0.05) is 37.2 Å². The molecule has 4 aliphatic rings. The Balaban J connectivity index is 1.36. The summed E-state index contributed by atoms with van der Waals surface area (Å²) in [5, 5.41) is 3.46. The van der Waals surface area contributed by atoms with E-state index >= 15 is 0 Å². The summed E-state index contributed by atoms with van der Waals surface area (Å²) in [6, 6.07) is 0.770. The monoisotopic (exact) mass is 500 g/mol. The molecule has 0 radical (unpaired) electrons. The Labute approximate surface area is 215 Å². The van der Waals surface area contributed by atoms with Crippen LogP contribution in [-0.4, -0.2) is 90.4 Å². The lowest BCUT2D eigenvalue weighted by molar-refractivity contribution is 0.0122. The van der Waals surface area contributed by atoms with Gasteiger partial charge in [0.25, 0.3) is 0 Å². The van der Waals surface area contributed by atoms with Crippen molar-refractivity contribution in [1.82, 2.24) is 25.1 Å². The van der Waals surface area contributed by atoms with Crippen molar-refractivity contribution in [2.45, 2.75) is 84.5 Å². The first-order valence-corrected chi connectivity index (χ1v) is 13.5. The third-order valence-corrected chi connectivity index (χ3v) is 8.47. The zero-order valence-corrected chi connectivity index (χ0v) is 23.2. The summed E-state index contributed by atoms with van der Waals surface area (Å²) in [6.45, 7) is 15.2. The molecule has 4 heterocycles. The standard InChI is InChI=1S/C27H44N6O3/c1-25(2,3)36-24(34)33-18-8-9-19(33)14-32(13-18)22-20-10-11-28-12-21(20)29-23(30-22)35-17-27(16-31(6)7)15-26(27,4)5/h18-19,28H,8-17H2,1-7H3. The van der Waals surface area contributed by atoms with E-state index in [1.54, 1.807) is 0 Å². The van der Waals surface area contributed by atoms with E-state index < -0.39 is 5.60 Å². The molecule has 3 fully saturated rings. The van der Waals surface area contributed by atoms with Crippen molar-refractivity contribution in [3.63, 3.8) is 0 Å². The lowest BCUT2D eigenvalue weighted by Crippen LogP contribution is -2.57. The molecular formula is C27H44N6O3. The van der Waals surface area contributed by atoms with Gasteiger partial charge in [0.2, 0.25) is 0 Å². The van der Waals surface area contributed by atoms with Crippen molar-refractivity contribution >= 4 is 11.9 Å². The number of nitrogens with zero attached hydrogens (tertiary/aromatic N) is 5. The summed E-state index contributed by atoms with van der Waals surface area (Å²) >= 11 is 0. The Kier molecular flexibility index (Phi) is 6.39. The van der Waals surface area contributed by atoms with Gasteiger partial charge in [-0.15, -0.1) is 0 Å². The van der Waals surface area contributed by atoms with E-state index in [1.807, 2.05) is 25.7 Å².